The molecule has 20 heavy (non-hydrogen) atoms. The van der Waals surface area contributed by atoms with Crippen molar-refractivity contribution in [3.05, 3.63) is 35.8 Å². The Hall–Kier alpha value is -2.95. The first kappa shape index (κ1) is 12.1. The average molecular weight is 270 g/mol. The van der Waals surface area contributed by atoms with Gasteiger partial charge in [0.05, 0.1) is 12.2 Å². The van der Waals surface area contributed by atoms with Gasteiger partial charge in [-0.1, -0.05) is 11.3 Å². The van der Waals surface area contributed by atoms with Crippen LogP contribution in [-0.2, 0) is 0 Å². The van der Waals surface area contributed by atoms with Gasteiger partial charge in [0.25, 0.3) is 0 Å². The van der Waals surface area contributed by atoms with E-state index in [1.165, 1.54) is 6.20 Å². The third-order valence-corrected chi connectivity index (χ3v) is 3.14. The van der Waals surface area contributed by atoms with E-state index in [2.05, 4.69) is 15.3 Å². The molecule has 8 nitrogen and oxygen atoms in total. The highest BCUT2D eigenvalue weighted by Gasteiger charge is 2.30. The van der Waals surface area contributed by atoms with Crippen LogP contribution in [0.1, 0.15) is 22.2 Å². The number of aromatic nitrogens is 4. The van der Waals surface area contributed by atoms with Crippen LogP contribution >= 0.6 is 0 Å². The molecule has 1 saturated heterocycles. The normalized spacial score (nSPS) is 14.7. The Bertz CT molecular complexity index is 698. The number of hydrogen-bond acceptors (Lipinski definition) is 6. The molecule has 1 aliphatic rings. The van der Waals surface area contributed by atoms with Crippen LogP contribution in [0.5, 0.6) is 0 Å². The lowest BCUT2D eigenvalue weighted by atomic mass is 10.1. The largest absolute Gasteiger partial charge is 0.476 e. The molecule has 8 heteroatoms. The molecule has 0 spiro atoms. The number of hydrogen-bond donors (Lipinski definition) is 1. The van der Waals surface area contributed by atoms with Gasteiger partial charge in [0.15, 0.2) is 5.69 Å². The predicted octanol–water partition coefficient (Wildman–Crippen LogP) is 0.304. The number of nitrogens with zero attached hydrogens (tertiary/aromatic N) is 6. The number of aromatic carboxylic acids is 1. The van der Waals surface area contributed by atoms with Crippen LogP contribution in [0.15, 0.2) is 24.4 Å². The molecule has 0 unspecified atom stereocenters. The van der Waals surface area contributed by atoms with E-state index < -0.39 is 5.97 Å². The molecule has 2 aromatic rings. The smallest absolute Gasteiger partial charge is 0.358 e. The van der Waals surface area contributed by atoms with Gasteiger partial charge < -0.3 is 10.0 Å². The summed E-state index contributed by atoms with van der Waals surface area (Å²) in [6.45, 7) is 1.31. The number of nitriles is 1. The number of carbonyl (C=O) groups is 1. The minimum Gasteiger partial charge on any atom is -0.476 e. The maximum Gasteiger partial charge on any atom is 0.358 e. The van der Waals surface area contributed by atoms with E-state index in [0.717, 1.165) is 5.82 Å². The summed E-state index contributed by atoms with van der Waals surface area (Å²) in [4.78, 5) is 16.9. The zero-order valence-electron chi connectivity index (χ0n) is 10.3. The van der Waals surface area contributed by atoms with Crippen molar-refractivity contribution in [1.82, 2.24) is 20.0 Å². The Morgan fingerprint density at radius 1 is 1.45 bits per heavy atom. The molecule has 1 N–H and O–H groups in total. The second kappa shape index (κ2) is 4.62. The summed E-state index contributed by atoms with van der Waals surface area (Å²) in [5.41, 5.74) is 0.313. The summed E-state index contributed by atoms with van der Waals surface area (Å²) in [5.74, 6) is -0.352. The topological polar surface area (TPSA) is 108 Å². The Morgan fingerprint density at radius 3 is 2.90 bits per heavy atom. The fraction of sp³-hybridized carbons (Fsp3) is 0.250. The summed E-state index contributed by atoms with van der Waals surface area (Å²) in [5, 5.41) is 25.0. The van der Waals surface area contributed by atoms with E-state index >= 15 is 0 Å². The molecule has 0 aromatic carbocycles. The zero-order valence-corrected chi connectivity index (χ0v) is 10.3. The van der Waals surface area contributed by atoms with E-state index in [1.807, 2.05) is 17.0 Å². The lowest BCUT2D eigenvalue weighted by Crippen LogP contribution is -2.48. The molecule has 1 aliphatic heterocycles. The van der Waals surface area contributed by atoms with Crippen molar-refractivity contribution in [3.63, 3.8) is 0 Å². The van der Waals surface area contributed by atoms with Gasteiger partial charge in [-0.15, -0.1) is 5.10 Å². The third-order valence-electron chi connectivity index (χ3n) is 3.14. The minimum absolute atomic E-state index is 0.0620. The molecular formula is C12H10N6O2. The number of rotatable bonds is 3. The van der Waals surface area contributed by atoms with Crippen molar-refractivity contribution in [2.75, 3.05) is 18.0 Å². The fourth-order valence-electron chi connectivity index (χ4n) is 2.02. The molecule has 3 heterocycles. The number of anilines is 1. The fourth-order valence-corrected chi connectivity index (χ4v) is 2.02. The average Bonchev–Trinajstić information content (AvgIpc) is 2.87. The maximum absolute atomic E-state index is 10.7. The van der Waals surface area contributed by atoms with E-state index in [4.69, 9.17) is 10.4 Å². The maximum atomic E-state index is 10.7. The molecule has 1 fully saturated rings. The van der Waals surface area contributed by atoms with E-state index in [9.17, 15) is 4.79 Å². The molecule has 0 saturated carbocycles. The quantitative estimate of drug-likeness (QED) is 0.854. The van der Waals surface area contributed by atoms with Gasteiger partial charge in [-0.05, 0) is 12.1 Å². The molecule has 0 bridgehead atoms. The molecule has 100 valence electrons. The molecular weight excluding hydrogens is 260 g/mol. The number of carboxylic acid groups (broad SMARTS) is 1. The van der Waals surface area contributed by atoms with Crippen LogP contribution in [-0.4, -0.2) is 44.1 Å². The highest BCUT2D eigenvalue weighted by molar-refractivity contribution is 5.84. The molecule has 0 atom stereocenters. The molecule has 0 aliphatic carbocycles. The van der Waals surface area contributed by atoms with Crippen molar-refractivity contribution >= 4 is 11.8 Å². The third kappa shape index (κ3) is 2.05. The molecule has 3 rings (SSSR count). The van der Waals surface area contributed by atoms with Gasteiger partial charge in [0.1, 0.15) is 17.6 Å². The van der Waals surface area contributed by atoms with Crippen LogP contribution in [0, 0.1) is 11.3 Å². The summed E-state index contributed by atoms with van der Waals surface area (Å²) in [6, 6.07) is 7.34. The van der Waals surface area contributed by atoms with Crippen LogP contribution in [0.3, 0.4) is 0 Å². The first-order chi connectivity index (χ1) is 9.67. The van der Waals surface area contributed by atoms with Crippen molar-refractivity contribution in [3.8, 4) is 6.07 Å². The summed E-state index contributed by atoms with van der Waals surface area (Å²) in [6.07, 6.45) is 1.42. The SMILES string of the molecule is N#Cc1cccc(N2CC(n3cc(C(=O)O)nn3)C2)n1. The van der Waals surface area contributed by atoms with Crippen LogP contribution in [0.4, 0.5) is 5.82 Å². The van der Waals surface area contributed by atoms with Gasteiger partial charge in [0, 0.05) is 13.1 Å². The lowest BCUT2D eigenvalue weighted by Gasteiger charge is -2.39. The van der Waals surface area contributed by atoms with Crippen LogP contribution in [0.2, 0.25) is 0 Å². The Balaban J connectivity index is 1.68. The highest BCUT2D eigenvalue weighted by atomic mass is 16.4. The van der Waals surface area contributed by atoms with Crippen molar-refractivity contribution in [2.24, 2.45) is 0 Å². The molecule has 0 amide bonds. The number of carboxylic acids is 1. The van der Waals surface area contributed by atoms with Crippen molar-refractivity contribution in [1.29, 1.82) is 5.26 Å². The van der Waals surface area contributed by atoms with Gasteiger partial charge in [-0.3, -0.25) is 0 Å². The standard InChI is InChI=1S/C12H10N6O2/c13-4-8-2-1-3-11(14-8)17-5-9(6-17)18-7-10(12(19)20)15-16-18/h1-3,7,9H,5-6H2,(H,19,20). The first-order valence-corrected chi connectivity index (χ1v) is 5.94. The first-order valence-electron chi connectivity index (χ1n) is 5.94. The van der Waals surface area contributed by atoms with Gasteiger partial charge in [-0.25, -0.2) is 14.5 Å². The van der Waals surface area contributed by atoms with Crippen molar-refractivity contribution < 1.29 is 9.90 Å². The van der Waals surface area contributed by atoms with Gasteiger partial charge >= 0.3 is 5.97 Å². The predicted molar refractivity (Wildman–Crippen MR) is 67.2 cm³/mol. The second-order valence-corrected chi connectivity index (χ2v) is 4.44. The molecule has 0 radical (unpaired) electrons. The number of pyridine rings is 1. The Kier molecular flexibility index (Phi) is 2.80. The van der Waals surface area contributed by atoms with Crippen LogP contribution < -0.4 is 4.90 Å². The lowest BCUT2D eigenvalue weighted by molar-refractivity contribution is 0.0690. The summed E-state index contributed by atoms with van der Waals surface area (Å²) < 4.78 is 1.55. The highest BCUT2D eigenvalue weighted by Crippen LogP contribution is 2.25. The summed E-state index contributed by atoms with van der Waals surface area (Å²) in [7, 11) is 0. The monoisotopic (exact) mass is 270 g/mol. The van der Waals surface area contributed by atoms with E-state index in [-0.39, 0.29) is 11.7 Å². The molecule has 2 aromatic heterocycles. The Labute approximate surface area is 113 Å². The minimum atomic E-state index is -1.09. The van der Waals surface area contributed by atoms with Crippen LogP contribution in [0.25, 0.3) is 0 Å². The van der Waals surface area contributed by atoms with E-state index in [0.29, 0.717) is 18.8 Å². The van der Waals surface area contributed by atoms with E-state index in [1.54, 1.807) is 16.8 Å². The van der Waals surface area contributed by atoms with Crippen molar-refractivity contribution in [2.45, 2.75) is 6.04 Å². The zero-order chi connectivity index (χ0) is 14.1. The second-order valence-electron chi connectivity index (χ2n) is 4.44. The summed E-state index contributed by atoms with van der Waals surface area (Å²) >= 11 is 0. The Morgan fingerprint density at radius 2 is 2.25 bits per heavy atom. The van der Waals surface area contributed by atoms with Gasteiger partial charge in [-0.2, -0.15) is 5.26 Å². The van der Waals surface area contributed by atoms with Gasteiger partial charge in [0.2, 0.25) is 0 Å².